The molecule has 0 aromatic heterocycles. The first kappa shape index (κ1) is 15.1. The van der Waals surface area contributed by atoms with Crippen LogP contribution in [0.15, 0.2) is 11.6 Å². The quantitative estimate of drug-likeness (QED) is 0.587. The van der Waals surface area contributed by atoms with E-state index in [0.717, 1.165) is 32.1 Å². The van der Waals surface area contributed by atoms with E-state index in [0.29, 0.717) is 18.4 Å². The summed E-state index contributed by atoms with van der Waals surface area (Å²) >= 11 is 0. The molecule has 0 aromatic rings. The largest absolute Gasteiger partial charge is 0.466 e. The molecule has 2 rings (SSSR count). The second-order valence-electron chi connectivity index (χ2n) is 5.89. The molecule has 0 aromatic carbocycles. The lowest BCUT2D eigenvalue weighted by Gasteiger charge is -2.40. The first-order valence-electron chi connectivity index (χ1n) is 7.54. The summed E-state index contributed by atoms with van der Waals surface area (Å²) < 4.78 is 10.5. The number of hydrogen-bond acceptors (Lipinski definition) is 4. The van der Waals surface area contributed by atoms with Crippen molar-refractivity contribution in [1.82, 2.24) is 0 Å². The number of rotatable bonds is 4. The van der Waals surface area contributed by atoms with Crippen LogP contribution in [0.2, 0.25) is 0 Å². The summed E-state index contributed by atoms with van der Waals surface area (Å²) in [5.41, 5.74) is 1.34. The van der Waals surface area contributed by atoms with Gasteiger partial charge in [0.1, 0.15) is 6.10 Å². The Morgan fingerprint density at radius 3 is 2.75 bits per heavy atom. The van der Waals surface area contributed by atoms with E-state index < -0.39 is 0 Å². The van der Waals surface area contributed by atoms with Gasteiger partial charge in [0.25, 0.3) is 0 Å². The number of allylic oxidation sites excluding steroid dienone is 1. The van der Waals surface area contributed by atoms with Crippen molar-refractivity contribution in [3.63, 3.8) is 0 Å². The monoisotopic (exact) mass is 280 g/mol. The van der Waals surface area contributed by atoms with Crippen LogP contribution in [0, 0.1) is 11.8 Å². The van der Waals surface area contributed by atoms with Crippen LogP contribution in [0.5, 0.6) is 0 Å². The Balaban J connectivity index is 1.91. The molecule has 0 spiro atoms. The summed E-state index contributed by atoms with van der Waals surface area (Å²) in [6, 6.07) is 0. The Bertz CT molecular complexity index is 399. The zero-order chi connectivity index (χ0) is 14.5. The predicted octanol–water partition coefficient (Wildman–Crippen LogP) is 3.01. The molecular formula is C16H24O4. The Kier molecular flexibility index (Phi) is 5.21. The maximum atomic E-state index is 11.2. The topological polar surface area (TPSA) is 52.6 Å². The molecule has 3 atom stereocenters. The summed E-state index contributed by atoms with van der Waals surface area (Å²) in [6.07, 6.45) is 8.57. The maximum absolute atomic E-state index is 11.2. The van der Waals surface area contributed by atoms with E-state index in [1.165, 1.54) is 25.8 Å². The molecule has 0 heterocycles. The minimum absolute atomic E-state index is 0.0728. The highest BCUT2D eigenvalue weighted by molar-refractivity contribution is 5.66. The highest BCUT2D eigenvalue weighted by Crippen LogP contribution is 2.42. The van der Waals surface area contributed by atoms with E-state index in [1.54, 1.807) is 0 Å². The van der Waals surface area contributed by atoms with Crippen LogP contribution in [0.4, 0.5) is 0 Å². The minimum Gasteiger partial charge on any atom is -0.466 e. The van der Waals surface area contributed by atoms with Gasteiger partial charge >= 0.3 is 11.9 Å². The summed E-state index contributed by atoms with van der Waals surface area (Å²) in [5.74, 6) is 0.692. The van der Waals surface area contributed by atoms with Crippen molar-refractivity contribution >= 4 is 11.9 Å². The summed E-state index contributed by atoms with van der Waals surface area (Å²) in [6.45, 7) is 3.38. The number of esters is 2. The molecule has 2 aliphatic carbocycles. The standard InChI is InChI=1S/C16H24O4/c1-11(17)19-9-8-13-6-7-14-4-3-5-16(15(14)10-13)20-12(2)18/h6,14-16H,3-5,7-10H2,1-2H3/t14-,15+,16-/m0/s1. The Morgan fingerprint density at radius 2 is 2.05 bits per heavy atom. The summed E-state index contributed by atoms with van der Waals surface area (Å²) in [5, 5.41) is 0. The zero-order valence-electron chi connectivity index (χ0n) is 12.4. The van der Waals surface area contributed by atoms with Crippen molar-refractivity contribution in [2.75, 3.05) is 6.61 Å². The molecule has 1 fully saturated rings. The van der Waals surface area contributed by atoms with E-state index in [1.807, 2.05) is 0 Å². The van der Waals surface area contributed by atoms with Gasteiger partial charge in [0, 0.05) is 26.2 Å². The van der Waals surface area contributed by atoms with Gasteiger partial charge < -0.3 is 9.47 Å². The SMILES string of the molecule is CC(=O)OCCC1=CC[C@@H]2CCC[C@H](OC(C)=O)[C@@H]2C1. The van der Waals surface area contributed by atoms with Crippen LogP contribution in [0.3, 0.4) is 0 Å². The maximum Gasteiger partial charge on any atom is 0.302 e. The zero-order valence-corrected chi connectivity index (χ0v) is 12.4. The highest BCUT2D eigenvalue weighted by Gasteiger charge is 2.36. The fourth-order valence-corrected chi connectivity index (χ4v) is 3.50. The fourth-order valence-electron chi connectivity index (χ4n) is 3.50. The molecule has 0 bridgehead atoms. The number of hydrogen-bond donors (Lipinski definition) is 0. The molecule has 0 N–H and O–H groups in total. The molecule has 112 valence electrons. The summed E-state index contributed by atoms with van der Waals surface area (Å²) in [4.78, 5) is 22.0. The van der Waals surface area contributed by atoms with Crippen LogP contribution in [0.25, 0.3) is 0 Å². The number of carbonyl (C=O) groups is 2. The van der Waals surface area contributed by atoms with Crippen molar-refractivity contribution in [2.45, 2.75) is 58.5 Å². The van der Waals surface area contributed by atoms with Gasteiger partial charge in [0.05, 0.1) is 6.61 Å². The van der Waals surface area contributed by atoms with E-state index >= 15 is 0 Å². The predicted molar refractivity (Wildman–Crippen MR) is 75.0 cm³/mol. The van der Waals surface area contributed by atoms with Gasteiger partial charge in [-0.25, -0.2) is 0 Å². The average Bonchev–Trinajstić information content (AvgIpc) is 2.38. The van der Waals surface area contributed by atoms with Gasteiger partial charge in [-0.2, -0.15) is 0 Å². The molecule has 20 heavy (non-hydrogen) atoms. The molecule has 0 amide bonds. The van der Waals surface area contributed by atoms with Gasteiger partial charge in [-0.1, -0.05) is 11.6 Å². The normalized spacial score (nSPS) is 29.1. The van der Waals surface area contributed by atoms with Gasteiger partial charge in [0.2, 0.25) is 0 Å². The van der Waals surface area contributed by atoms with Gasteiger partial charge in [-0.05, 0) is 38.0 Å². The Labute approximate surface area is 120 Å². The van der Waals surface area contributed by atoms with Crippen molar-refractivity contribution in [3.05, 3.63) is 11.6 Å². The molecule has 1 saturated carbocycles. The molecule has 2 aliphatic rings. The van der Waals surface area contributed by atoms with Crippen LogP contribution >= 0.6 is 0 Å². The molecule has 0 radical (unpaired) electrons. The van der Waals surface area contributed by atoms with E-state index in [2.05, 4.69) is 6.08 Å². The number of fused-ring (bicyclic) bond motifs is 1. The van der Waals surface area contributed by atoms with Crippen molar-refractivity contribution in [2.24, 2.45) is 11.8 Å². The third-order valence-electron chi connectivity index (χ3n) is 4.40. The lowest BCUT2D eigenvalue weighted by molar-refractivity contribution is -0.152. The van der Waals surface area contributed by atoms with Crippen molar-refractivity contribution in [1.29, 1.82) is 0 Å². The van der Waals surface area contributed by atoms with Crippen LogP contribution in [-0.4, -0.2) is 24.6 Å². The van der Waals surface area contributed by atoms with Gasteiger partial charge in [-0.15, -0.1) is 0 Å². The van der Waals surface area contributed by atoms with Crippen LogP contribution in [0.1, 0.15) is 52.4 Å². The Morgan fingerprint density at radius 1 is 1.25 bits per heavy atom. The molecular weight excluding hydrogens is 256 g/mol. The average molecular weight is 280 g/mol. The third kappa shape index (κ3) is 4.09. The smallest absolute Gasteiger partial charge is 0.302 e. The number of carbonyl (C=O) groups excluding carboxylic acids is 2. The first-order valence-corrected chi connectivity index (χ1v) is 7.54. The number of ether oxygens (including phenoxy) is 2. The van der Waals surface area contributed by atoms with E-state index in [9.17, 15) is 9.59 Å². The molecule has 0 saturated heterocycles. The molecule has 4 nitrogen and oxygen atoms in total. The second kappa shape index (κ2) is 6.91. The van der Waals surface area contributed by atoms with Gasteiger partial charge in [0.15, 0.2) is 0 Å². The van der Waals surface area contributed by atoms with Crippen LogP contribution in [-0.2, 0) is 19.1 Å². The fraction of sp³-hybridized carbons (Fsp3) is 0.750. The molecule has 4 heteroatoms. The lowest BCUT2D eigenvalue weighted by atomic mass is 9.69. The van der Waals surface area contributed by atoms with Crippen LogP contribution < -0.4 is 0 Å². The lowest BCUT2D eigenvalue weighted by Crippen LogP contribution is -2.37. The third-order valence-corrected chi connectivity index (χ3v) is 4.40. The minimum atomic E-state index is -0.227. The second-order valence-corrected chi connectivity index (χ2v) is 5.89. The highest BCUT2D eigenvalue weighted by atomic mass is 16.5. The summed E-state index contributed by atoms with van der Waals surface area (Å²) in [7, 11) is 0. The van der Waals surface area contributed by atoms with E-state index in [-0.39, 0.29) is 18.0 Å². The van der Waals surface area contributed by atoms with Gasteiger partial charge in [-0.3, -0.25) is 9.59 Å². The Hall–Kier alpha value is -1.32. The first-order chi connectivity index (χ1) is 9.56. The molecule has 0 unspecified atom stereocenters. The van der Waals surface area contributed by atoms with Crippen molar-refractivity contribution < 1.29 is 19.1 Å². The molecule has 0 aliphatic heterocycles. The van der Waals surface area contributed by atoms with E-state index in [4.69, 9.17) is 9.47 Å². The van der Waals surface area contributed by atoms with Crippen molar-refractivity contribution in [3.8, 4) is 0 Å².